The Kier molecular flexibility index (Phi) is 2.93. The van der Waals surface area contributed by atoms with Gasteiger partial charge in [0.1, 0.15) is 5.75 Å². The molecule has 1 atom stereocenters. The van der Waals surface area contributed by atoms with E-state index >= 15 is 0 Å². The predicted octanol–water partition coefficient (Wildman–Crippen LogP) is 1.14. The molecule has 1 aliphatic carbocycles. The molecule has 0 saturated carbocycles. The van der Waals surface area contributed by atoms with Gasteiger partial charge in [-0.15, -0.1) is 0 Å². The Balaban J connectivity index is 2.44. The second-order valence-corrected chi connectivity index (χ2v) is 4.06. The van der Waals surface area contributed by atoms with Crippen LogP contribution in [0.3, 0.4) is 0 Å². The highest BCUT2D eigenvalue weighted by Gasteiger charge is 2.17. The molecule has 0 unspecified atom stereocenters. The van der Waals surface area contributed by atoms with E-state index in [-0.39, 0.29) is 6.04 Å². The maximum Gasteiger partial charge on any atom is 0.123 e. The first kappa shape index (κ1) is 10.5. The van der Waals surface area contributed by atoms with Crippen molar-refractivity contribution in [3.05, 3.63) is 28.8 Å². The van der Waals surface area contributed by atoms with E-state index in [1.165, 1.54) is 17.5 Å². The summed E-state index contributed by atoms with van der Waals surface area (Å²) in [7, 11) is 1.68. The molecule has 0 spiro atoms. The summed E-state index contributed by atoms with van der Waals surface area (Å²) in [5.41, 5.74) is 15.4. The highest BCUT2D eigenvalue weighted by molar-refractivity contribution is 5.46. The molecule has 0 aromatic heterocycles. The number of nitrogens with two attached hydrogens (primary N) is 2. The minimum Gasteiger partial charge on any atom is -0.496 e. The minimum atomic E-state index is -0.120. The van der Waals surface area contributed by atoms with Gasteiger partial charge in [-0.1, -0.05) is 6.07 Å². The summed E-state index contributed by atoms with van der Waals surface area (Å²) >= 11 is 0. The van der Waals surface area contributed by atoms with Gasteiger partial charge in [0, 0.05) is 18.2 Å². The molecule has 15 heavy (non-hydrogen) atoms. The van der Waals surface area contributed by atoms with Crippen LogP contribution in [0.25, 0.3) is 0 Å². The molecular weight excluding hydrogens is 188 g/mol. The summed E-state index contributed by atoms with van der Waals surface area (Å²) in [6, 6.07) is 4.16. The first-order chi connectivity index (χ1) is 7.26. The summed E-state index contributed by atoms with van der Waals surface area (Å²) in [5, 5.41) is 0. The largest absolute Gasteiger partial charge is 0.496 e. The molecule has 1 aliphatic rings. The van der Waals surface area contributed by atoms with E-state index in [2.05, 4.69) is 12.1 Å². The number of rotatable bonds is 3. The van der Waals surface area contributed by atoms with Crippen LogP contribution >= 0.6 is 0 Å². The molecule has 82 valence electrons. The standard InChI is InChI=1S/C12H18N2O/c1-15-12-6-9-4-2-3-8(9)5-10(12)11(14)7-13/h5-6,11H,2-4,7,13-14H2,1H3/t11-/m1/s1. The van der Waals surface area contributed by atoms with Crippen LogP contribution in [0.2, 0.25) is 0 Å². The molecule has 0 saturated heterocycles. The van der Waals surface area contributed by atoms with Crippen molar-refractivity contribution >= 4 is 0 Å². The normalized spacial score (nSPS) is 16.2. The Labute approximate surface area is 90.4 Å². The van der Waals surface area contributed by atoms with Crippen molar-refractivity contribution in [1.82, 2.24) is 0 Å². The lowest BCUT2D eigenvalue weighted by atomic mass is 10.0. The number of hydrogen-bond acceptors (Lipinski definition) is 3. The van der Waals surface area contributed by atoms with Gasteiger partial charge in [-0.2, -0.15) is 0 Å². The van der Waals surface area contributed by atoms with Gasteiger partial charge in [0.15, 0.2) is 0 Å². The van der Waals surface area contributed by atoms with Crippen LogP contribution in [0.4, 0.5) is 0 Å². The molecule has 0 fully saturated rings. The van der Waals surface area contributed by atoms with Crippen LogP contribution in [0.1, 0.15) is 29.2 Å². The van der Waals surface area contributed by atoms with Crippen LogP contribution in [0.5, 0.6) is 5.75 Å². The van der Waals surface area contributed by atoms with Crippen molar-refractivity contribution in [2.45, 2.75) is 25.3 Å². The lowest BCUT2D eigenvalue weighted by Crippen LogP contribution is -2.21. The highest BCUT2D eigenvalue weighted by Crippen LogP contribution is 2.32. The van der Waals surface area contributed by atoms with Crippen LogP contribution < -0.4 is 16.2 Å². The van der Waals surface area contributed by atoms with E-state index < -0.39 is 0 Å². The fourth-order valence-electron chi connectivity index (χ4n) is 2.21. The maximum atomic E-state index is 5.96. The van der Waals surface area contributed by atoms with Crippen LogP contribution in [0.15, 0.2) is 12.1 Å². The first-order valence-corrected chi connectivity index (χ1v) is 5.41. The quantitative estimate of drug-likeness (QED) is 0.779. The molecular formula is C12H18N2O. The molecule has 0 amide bonds. The van der Waals surface area contributed by atoms with Gasteiger partial charge in [-0.3, -0.25) is 0 Å². The van der Waals surface area contributed by atoms with Gasteiger partial charge in [0.05, 0.1) is 7.11 Å². The number of fused-ring (bicyclic) bond motifs is 1. The SMILES string of the molecule is COc1cc2c(cc1[C@H](N)CN)CCC2. The third-order valence-corrected chi connectivity index (χ3v) is 3.10. The summed E-state index contributed by atoms with van der Waals surface area (Å²) in [5.74, 6) is 0.883. The van der Waals surface area contributed by atoms with E-state index in [0.29, 0.717) is 6.54 Å². The zero-order valence-electron chi connectivity index (χ0n) is 9.12. The fourth-order valence-corrected chi connectivity index (χ4v) is 2.21. The first-order valence-electron chi connectivity index (χ1n) is 5.41. The Bertz CT molecular complexity index is 363. The monoisotopic (exact) mass is 206 g/mol. The topological polar surface area (TPSA) is 61.3 Å². The molecule has 1 aromatic carbocycles. The smallest absolute Gasteiger partial charge is 0.123 e. The average molecular weight is 206 g/mol. The van der Waals surface area contributed by atoms with Gasteiger partial charge in [0.2, 0.25) is 0 Å². The lowest BCUT2D eigenvalue weighted by molar-refractivity contribution is 0.405. The van der Waals surface area contributed by atoms with E-state index in [9.17, 15) is 0 Å². The van der Waals surface area contributed by atoms with Crippen LogP contribution in [-0.4, -0.2) is 13.7 Å². The van der Waals surface area contributed by atoms with Gasteiger partial charge >= 0.3 is 0 Å². The van der Waals surface area contributed by atoms with Crippen molar-refractivity contribution in [1.29, 1.82) is 0 Å². The van der Waals surface area contributed by atoms with Crippen LogP contribution in [0, 0.1) is 0 Å². The number of hydrogen-bond donors (Lipinski definition) is 2. The van der Waals surface area contributed by atoms with Crippen molar-refractivity contribution in [2.75, 3.05) is 13.7 Å². The Hall–Kier alpha value is -1.06. The van der Waals surface area contributed by atoms with Gasteiger partial charge < -0.3 is 16.2 Å². The molecule has 4 N–H and O–H groups in total. The zero-order chi connectivity index (χ0) is 10.8. The number of benzene rings is 1. The zero-order valence-corrected chi connectivity index (χ0v) is 9.12. The van der Waals surface area contributed by atoms with Crippen LogP contribution in [-0.2, 0) is 12.8 Å². The molecule has 1 aromatic rings. The lowest BCUT2D eigenvalue weighted by Gasteiger charge is -2.16. The van der Waals surface area contributed by atoms with E-state index in [1.54, 1.807) is 7.11 Å². The summed E-state index contributed by atoms with van der Waals surface area (Å²) < 4.78 is 5.36. The van der Waals surface area contributed by atoms with Crippen molar-refractivity contribution < 1.29 is 4.74 Å². The van der Waals surface area contributed by atoms with Gasteiger partial charge in [-0.25, -0.2) is 0 Å². The van der Waals surface area contributed by atoms with Crippen molar-refractivity contribution in [2.24, 2.45) is 11.5 Å². The number of ether oxygens (including phenoxy) is 1. The molecule has 0 bridgehead atoms. The van der Waals surface area contributed by atoms with Crippen molar-refractivity contribution in [3.63, 3.8) is 0 Å². The molecule has 3 nitrogen and oxygen atoms in total. The molecule has 0 aliphatic heterocycles. The van der Waals surface area contributed by atoms with Gasteiger partial charge in [0.25, 0.3) is 0 Å². The molecule has 0 heterocycles. The second-order valence-electron chi connectivity index (χ2n) is 4.06. The Morgan fingerprint density at radius 3 is 2.60 bits per heavy atom. The summed E-state index contributed by atoms with van der Waals surface area (Å²) in [6.45, 7) is 0.454. The number of methoxy groups -OCH3 is 1. The third kappa shape index (κ3) is 1.85. The van der Waals surface area contributed by atoms with E-state index in [0.717, 1.165) is 24.2 Å². The predicted molar refractivity (Wildman–Crippen MR) is 61.0 cm³/mol. The molecule has 3 heteroatoms. The average Bonchev–Trinajstić information content (AvgIpc) is 2.73. The maximum absolute atomic E-state index is 5.96. The highest BCUT2D eigenvalue weighted by atomic mass is 16.5. The minimum absolute atomic E-state index is 0.120. The third-order valence-electron chi connectivity index (χ3n) is 3.10. The Morgan fingerprint density at radius 2 is 2.00 bits per heavy atom. The second kappa shape index (κ2) is 4.21. The summed E-state index contributed by atoms with van der Waals surface area (Å²) in [6.07, 6.45) is 3.55. The van der Waals surface area contributed by atoms with Gasteiger partial charge in [-0.05, 0) is 36.5 Å². The van der Waals surface area contributed by atoms with E-state index in [4.69, 9.17) is 16.2 Å². The van der Waals surface area contributed by atoms with E-state index in [1.807, 2.05) is 0 Å². The molecule has 0 radical (unpaired) electrons. The fraction of sp³-hybridized carbons (Fsp3) is 0.500. The molecule has 2 rings (SSSR count). The number of aryl methyl sites for hydroxylation is 2. The Morgan fingerprint density at radius 1 is 1.33 bits per heavy atom. The summed E-state index contributed by atoms with van der Waals surface area (Å²) in [4.78, 5) is 0. The van der Waals surface area contributed by atoms with Crippen molar-refractivity contribution in [3.8, 4) is 5.75 Å².